The fourth-order valence-corrected chi connectivity index (χ4v) is 5.37. The largest absolute Gasteiger partial charge is 0.315 e. The van der Waals surface area contributed by atoms with Crippen molar-refractivity contribution in [2.45, 2.75) is 43.9 Å². The standard InChI is InChI=1S/C13H22ClN3O2S/c1-9-13(14)11(17(3)16-9)8-10(15-2)12-6-4-5-7-20(12,18)19/h10,12,15H,4-8H2,1-3H3. The molecule has 2 atom stereocenters. The van der Waals surface area contributed by atoms with E-state index in [1.165, 1.54) is 0 Å². The minimum absolute atomic E-state index is 0.118. The van der Waals surface area contributed by atoms with Crippen LogP contribution >= 0.6 is 11.6 Å². The van der Waals surface area contributed by atoms with Crippen molar-refractivity contribution in [2.24, 2.45) is 7.05 Å². The summed E-state index contributed by atoms with van der Waals surface area (Å²) in [4.78, 5) is 0. The van der Waals surface area contributed by atoms with Crippen molar-refractivity contribution in [3.8, 4) is 0 Å². The van der Waals surface area contributed by atoms with Gasteiger partial charge in [-0.3, -0.25) is 4.68 Å². The highest BCUT2D eigenvalue weighted by Crippen LogP contribution is 2.27. The molecule has 0 bridgehead atoms. The average Bonchev–Trinajstić information content (AvgIpc) is 2.62. The highest BCUT2D eigenvalue weighted by atomic mass is 35.5. The number of rotatable bonds is 4. The van der Waals surface area contributed by atoms with Crippen LogP contribution in [0.1, 0.15) is 30.7 Å². The molecule has 1 fully saturated rings. The number of aromatic nitrogens is 2. The number of nitrogens with zero attached hydrogens (tertiary/aromatic N) is 2. The maximum absolute atomic E-state index is 12.3. The first kappa shape index (κ1) is 15.8. The molecule has 7 heteroatoms. The van der Waals surface area contributed by atoms with Gasteiger partial charge in [0.25, 0.3) is 0 Å². The van der Waals surface area contributed by atoms with Crippen molar-refractivity contribution in [2.75, 3.05) is 12.8 Å². The summed E-state index contributed by atoms with van der Waals surface area (Å²) >= 11 is 6.26. The third-order valence-corrected chi connectivity index (χ3v) is 6.96. The molecular formula is C13H22ClN3O2S. The number of aryl methyl sites for hydroxylation is 2. The van der Waals surface area contributed by atoms with E-state index >= 15 is 0 Å². The van der Waals surface area contributed by atoms with Gasteiger partial charge in [-0.05, 0) is 26.8 Å². The van der Waals surface area contributed by atoms with Gasteiger partial charge in [0, 0.05) is 19.5 Å². The Hall–Kier alpha value is -0.590. The number of nitrogens with one attached hydrogen (secondary N) is 1. The van der Waals surface area contributed by atoms with Crippen molar-refractivity contribution < 1.29 is 8.42 Å². The molecule has 114 valence electrons. The summed E-state index contributed by atoms with van der Waals surface area (Å²) in [5.74, 6) is 0.300. The first-order chi connectivity index (χ1) is 9.36. The fourth-order valence-electron chi connectivity index (χ4n) is 2.96. The number of sulfone groups is 1. The topological polar surface area (TPSA) is 64.0 Å². The molecule has 2 heterocycles. The van der Waals surface area contributed by atoms with Crippen LogP contribution in [-0.4, -0.2) is 42.3 Å². The molecule has 1 N–H and O–H groups in total. The summed E-state index contributed by atoms with van der Waals surface area (Å²) in [5, 5.41) is 7.76. The monoisotopic (exact) mass is 319 g/mol. The van der Waals surface area contributed by atoms with Gasteiger partial charge in [-0.2, -0.15) is 5.10 Å². The third-order valence-electron chi connectivity index (χ3n) is 4.12. The summed E-state index contributed by atoms with van der Waals surface area (Å²) in [6, 6.07) is -0.118. The zero-order chi connectivity index (χ0) is 14.9. The Labute approximate surface area is 125 Å². The molecule has 1 aromatic heterocycles. The van der Waals surface area contributed by atoms with Gasteiger partial charge in [-0.15, -0.1) is 0 Å². The third kappa shape index (κ3) is 3.02. The predicted octanol–water partition coefficient (Wildman–Crippen LogP) is 1.48. The Morgan fingerprint density at radius 1 is 1.50 bits per heavy atom. The van der Waals surface area contributed by atoms with Gasteiger partial charge in [-0.1, -0.05) is 18.0 Å². The summed E-state index contributed by atoms with van der Waals surface area (Å²) in [5.41, 5.74) is 1.68. The second kappa shape index (κ2) is 6.03. The van der Waals surface area contributed by atoms with Crippen LogP contribution in [0.3, 0.4) is 0 Å². The second-order valence-electron chi connectivity index (χ2n) is 5.47. The molecular weight excluding hydrogens is 298 g/mol. The van der Waals surface area contributed by atoms with Gasteiger partial charge in [0.05, 0.1) is 27.4 Å². The van der Waals surface area contributed by atoms with E-state index in [1.54, 1.807) is 4.68 Å². The van der Waals surface area contributed by atoms with Crippen LogP contribution in [0.25, 0.3) is 0 Å². The molecule has 0 saturated carbocycles. The zero-order valence-corrected chi connectivity index (χ0v) is 13.8. The Kier molecular flexibility index (Phi) is 4.76. The molecule has 2 rings (SSSR count). The highest BCUT2D eigenvalue weighted by molar-refractivity contribution is 7.92. The van der Waals surface area contributed by atoms with Gasteiger partial charge in [0.15, 0.2) is 9.84 Å². The number of hydrogen-bond donors (Lipinski definition) is 1. The smallest absolute Gasteiger partial charge is 0.154 e. The lowest BCUT2D eigenvalue weighted by Gasteiger charge is -2.30. The van der Waals surface area contributed by atoms with E-state index in [0.717, 1.165) is 30.7 Å². The van der Waals surface area contributed by atoms with Gasteiger partial charge < -0.3 is 5.32 Å². The molecule has 20 heavy (non-hydrogen) atoms. The lowest BCUT2D eigenvalue weighted by atomic mass is 10.0. The molecule has 5 nitrogen and oxygen atoms in total. The quantitative estimate of drug-likeness (QED) is 0.913. The van der Waals surface area contributed by atoms with Gasteiger partial charge in [0.1, 0.15) is 0 Å². The van der Waals surface area contributed by atoms with Crippen LogP contribution in [0.15, 0.2) is 0 Å². The van der Waals surface area contributed by atoms with E-state index in [4.69, 9.17) is 11.6 Å². The van der Waals surface area contributed by atoms with E-state index in [-0.39, 0.29) is 11.3 Å². The SMILES string of the molecule is CNC(Cc1c(Cl)c(C)nn1C)C1CCCCS1(=O)=O. The Bertz CT molecular complexity index is 583. The van der Waals surface area contributed by atoms with E-state index < -0.39 is 9.84 Å². The molecule has 1 aliphatic rings. The number of halogens is 1. The van der Waals surface area contributed by atoms with Crippen molar-refractivity contribution >= 4 is 21.4 Å². The van der Waals surface area contributed by atoms with Gasteiger partial charge >= 0.3 is 0 Å². The summed E-state index contributed by atoms with van der Waals surface area (Å²) in [6.07, 6.45) is 3.06. The molecule has 0 aromatic carbocycles. The van der Waals surface area contributed by atoms with E-state index in [9.17, 15) is 8.42 Å². The van der Waals surface area contributed by atoms with Crippen molar-refractivity contribution in [3.63, 3.8) is 0 Å². The Morgan fingerprint density at radius 2 is 2.20 bits per heavy atom. The van der Waals surface area contributed by atoms with Gasteiger partial charge in [-0.25, -0.2) is 8.42 Å². The number of hydrogen-bond acceptors (Lipinski definition) is 4. The zero-order valence-electron chi connectivity index (χ0n) is 12.2. The van der Waals surface area contributed by atoms with E-state index in [2.05, 4.69) is 10.4 Å². The summed E-state index contributed by atoms with van der Waals surface area (Å²) in [6.45, 7) is 1.86. The molecule has 0 aliphatic carbocycles. The van der Waals surface area contributed by atoms with E-state index in [0.29, 0.717) is 17.2 Å². The van der Waals surface area contributed by atoms with Crippen LogP contribution < -0.4 is 5.32 Å². The minimum atomic E-state index is -3.01. The lowest BCUT2D eigenvalue weighted by molar-refractivity contribution is 0.448. The second-order valence-corrected chi connectivity index (χ2v) is 8.19. The maximum Gasteiger partial charge on any atom is 0.154 e. The Balaban J connectivity index is 2.25. The lowest BCUT2D eigenvalue weighted by Crippen LogP contribution is -2.46. The predicted molar refractivity (Wildman–Crippen MR) is 80.9 cm³/mol. The molecule has 1 saturated heterocycles. The normalized spacial score (nSPS) is 23.7. The van der Waals surface area contributed by atoms with Gasteiger partial charge in [0.2, 0.25) is 0 Å². The maximum atomic E-state index is 12.3. The molecule has 0 amide bonds. The summed E-state index contributed by atoms with van der Waals surface area (Å²) < 4.78 is 26.3. The van der Waals surface area contributed by atoms with Crippen molar-refractivity contribution in [1.29, 1.82) is 0 Å². The summed E-state index contributed by atoms with van der Waals surface area (Å²) in [7, 11) is 0.646. The van der Waals surface area contributed by atoms with Crippen LogP contribution in [-0.2, 0) is 23.3 Å². The van der Waals surface area contributed by atoms with Crippen LogP contribution in [0.2, 0.25) is 5.02 Å². The van der Waals surface area contributed by atoms with Crippen LogP contribution in [0.5, 0.6) is 0 Å². The van der Waals surface area contributed by atoms with Crippen molar-refractivity contribution in [1.82, 2.24) is 15.1 Å². The van der Waals surface area contributed by atoms with Crippen LogP contribution in [0, 0.1) is 6.92 Å². The van der Waals surface area contributed by atoms with E-state index in [1.807, 2.05) is 21.0 Å². The van der Waals surface area contributed by atoms with Crippen LogP contribution in [0.4, 0.5) is 0 Å². The molecule has 0 radical (unpaired) electrons. The molecule has 2 unspecified atom stereocenters. The van der Waals surface area contributed by atoms with Crippen molar-refractivity contribution in [3.05, 3.63) is 16.4 Å². The highest BCUT2D eigenvalue weighted by Gasteiger charge is 2.35. The average molecular weight is 320 g/mol. The molecule has 1 aliphatic heterocycles. The fraction of sp³-hybridized carbons (Fsp3) is 0.769. The first-order valence-corrected chi connectivity index (χ1v) is 9.03. The molecule has 0 spiro atoms. The minimum Gasteiger partial charge on any atom is -0.315 e. The first-order valence-electron chi connectivity index (χ1n) is 6.93. The Morgan fingerprint density at radius 3 is 2.70 bits per heavy atom. The molecule has 1 aromatic rings. The number of likely N-dealkylation sites (N-methyl/N-ethyl adjacent to an activating group) is 1.